The van der Waals surface area contributed by atoms with Crippen molar-refractivity contribution in [2.75, 3.05) is 26.2 Å². The fourth-order valence-corrected chi connectivity index (χ4v) is 3.44. The Bertz CT molecular complexity index is 437. The second-order valence-electron chi connectivity index (χ2n) is 5.93. The van der Waals surface area contributed by atoms with Gasteiger partial charge in [-0.2, -0.15) is 0 Å². The van der Waals surface area contributed by atoms with Gasteiger partial charge in [0.2, 0.25) is 0 Å². The molecule has 3 rings (SSSR count). The molecule has 2 heterocycles. The number of nitrogens with one attached hydrogen (secondary N) is 1. The van der Waals surface area contributed by atoms with Gasteiger partial charge in [0.1, 0.15) is 5.78 Å². The highest BCUT2D eigenvalue weighted by atomic mass is 16.1. The van der Waals surface area contributed by atoms with Crippen LogP contribution in [-0.2, 0) is 11.3 Å². The van der Waals surface area contributed by atoms with Crippen LogP contribution in [0.3, 0.4) is 0 Å². The van der Waals surface area contributed by atoms with Crippen LogP contribution in [0.2, 0.25) is 0 Å². The summed E-state index contributed by atoms with van der Waals surface area (Å²) in [7, 11) is 0. The number of carbonyl (C=O) groups excluding carboxylic acids is 1. The number of carbonyl (C=O) groups is 1. The van der Waals surface area contributed by atoms with Crippen LogP contribution in [0.4, 0.5) is 0 Å². The Morgan fingerprint density at radius 2 is 2.11 bits per heavy atom. The molecule has 1 atom stereocenters. The molecule has 0 radical (unpaired) electrons. The molecule has 1 aromatic carbocycles. The van der Waals surface area contributed by atoms with Gasteiger partial charge in [-0.1, -0.05) is 30.3 Å². The van der Waals surface area contributed by atoms with Gasteiger partial charge in [0.25, 0.3) is 0 Å². The van der Waals surface area contributed by atoms with Crippen LogP contribution in [0.1, 0.15) is 24.8 Å². The fourth-order valence-electron chi connectivity index (χ4n) is 3.44. The highest BCUT2D eigenvalue weighted by molar-refractivity contribution is 5.86. The molecule has 0 amide bonds. The van der Waals surface area contributed by atoms with Crippen molar-refractivity contribution in [3.8, 4) is 0 Å². The molecular weight excluding hydrogens is 236 g/mol. The predicted octanol–water partition coefficient (Wildman–Crippen LogP) is 1.83. The van der Waals surface area contributed by atoms with E-state index in [2.05, 4.69) is 40.5 Å². The van der Waals surface area contributed by atoms with Crippen molar-refractivity contribution in [3.05, 3.63) is 35.9 Å². The molecule has 1 aromatic rings. The van der Waals surface area contributed by atoms with Crippen molar-refractivity contribution in [2.45, 2.75) is 25.8 Å². The van der Waals surface area contributed by atoms with E-state index in [4.69, 9.17) is 0 Å². The van der Waals surface area contributed by atoms with E-state index in [1.807, 2.05) is 0 Å². The second kappa shape index (κ2) is 5.43. The number of likely N-dealkylation sites (tertiary alicyclic amines) is 1. The zero-order valence-corrected chi connectivity index (χ0v) is 11.4. The van der Waals surface area contributed by atoms with Crippen molar-refractivity contribution < 1.29 is 4.79 Å². The van der Waals surface area contributed by atoms with E-state index in [1.54, 1.807) is 0 Å². The Balaban J connectivity index is 1.69. The van der Waals surface area contributed by atoms with Crippen molar-refractivity contribution in [1.82, 2.24) is 10.2 Å². The van der Waals surface area contributed by atoms with Crippen molar-refractivity contribution in [3.63, 3.8) is 0 Å². The maximum absolute atomic E-state index is 12.3. The van der Waals surface area contributed by atoms with E-state index in [-0.39, 0.29) is 5.41 Å². The van der Waals surface area contributed by atoms with Crippen LogP contribution < -0.4 is 5.32 Å². The molecule has 0 bridgehead atoms. The Hall–Kier alpha value is -1.19. The van der Waals surface area contributed by atoms with Gasteiger partial charge < -0.3 is 5.32 Å². The molecule has 0 aliphatic carbocycles. The van der Waals surface area contributed by atoms with Crippen molar-refractivity contribution in [2.24, 2.45) is 5.41 Å². The SMILES string of the molecule is O=C1CCN(Cc2ccccc2)CC12CCCNC2. The van der Waals surface area contributed by atoms with Crippen LogP contribution in [0, 0.1) is 5.41 Å². The average molecular weight is 258 g/mol. The number of ketones is 1. The normalized spacial score (nSPS) is 28.7. The molecule has 1 N–H and O–H groups in total. The third kappa shape index (κ3) is 2.72. The van der Waals surface area contributed by atoms with E-state index in [9.17, 15) is 4.79 Å². The monoisotopic (exact) mass is 258 g/mol. The molecular formula is C16H22N2O. The first kappa shape index (κ1) is 12.8. The summed E-state index contributed by atoms with van der Waals surface area (Å²) in [6.45, 7) is 4.74. The maximum atomic E-state index is 12.3. The zero-order valence-electron chi connectivity index (χ0n) is 11.4. The number of benzene rings is 1. The Kier molecular flexibility index (Phi) is 3.67. The first-order valence-electron chi connectivity index (χ1n) is 7.29. The lowest BCUT2D eigenvalue weighted by Gasteiger charge is -2.44. The van der Waals surface area contributed by atoms with Gasteiger partial charge in [0, 0.05) is 32.6 Å². The van der Waals surface area contributed by atoms with Gasteiger partial charge in [0.05, 0.1) is 5.41 Å². The number of Topliss-reactive ketones (excluding diaryl/α,β-unsaturated/α-hetero) is 1. The topological polar surface area (TPSA) is 32.3 Å². The number of hydrogen-bond acceptors (Lipinski definition) is 3. The van der Waals surface area contributed by atoms with E-state index < -0.39 is 0 Å². The first-order valence-corrected chi connectivity index (χ1v) is 7.29. The standard InChI is InChI=1S/C16H22N2O/c19-15-7-10-18(11-14-5-2-1-3-6-14)13-16(15)8-4-9-17-12-16/h1-3,5-6,17H,4,7-13H2. The Morgan fingerprint density at radius 1 is 1.26 bits per heavy atom. The van der Waals surface area contributed by atoms with Crippen LogP contribution in [0.15, 0.2) is 30.3 Å². The molecule has 1 unspecified atom stereocenters. The molecule has 19 heavy (non-hydrogen) atoms. The van der Waals surface area contributed by atoms with Crippen LogP contribution in [-0.4, -0.2) is 36.9 Å². The van der Waals surface area contributed by atoms with E-state index in [0.29, 0.717) is 12.2 Å². The van der Waals surface area contributed by atoms with Gasteiger partial charge in [-0.15, -0.1) is 0 Å². The lowest BCUT2D eigenvalue weighted by Crippen LogP contribution is -2.56. The second-order valence-corrected chi connectivity index (χ2v) is 5.93. The summed E-state index contributed by atoms with van der Waals surface area (Å²) in [5.41, 5.74) is 1.24. The molecule has 0 aromatic heterocycles. The van der Waals surface area contributed by atoms with Crippen molar-refractivity contribution in [1.29, 1.82) is 0 Å². The van der Waals surface area contributed by atoms with Crippen LogP contribution >= 0.6 is 0 Å². The molecule has 2 aliphatic rings. The number of nitrogens with zero attached hydrogens (tertiary/aromatic N) is 1. The number of rotatable bonds is 2. The summed E-state index contributed by atoms with van der Waals surface area (Å²) >= 11 is 0. The van der Waals surface area contributed by atoms with Crippen LogP contribution in [0.5, 0.6) is 0 Å². The summed E-state index contributed by atoms with van der Waals surface area (Å²) in [5, 5.41) is 3.41. The summed E-state index contributed by atoms with van der Waals surface area (Å²) in [6, 6.07) is 10.6. The average Bonchev–Trinajstić information content (AvgIpc) is 2.45. The maximum Gasteiger partial charge on any atom is 0.142 e. The number of hydrogen-bond donors (Lipinski definition) is 1. The minimum atomic E-state index is -0.106. The first-order chi connectivity index (χ1) is 9.28. The minimum absolute atomic E-state index is 0.106. The summed E-state index contributed by atoms with van der Waals surface area (Å²) in [5.74, 6) is 0.476. The molecule has 102 valence electrons. The number of piperidine rings is 2. The fraction of sp³-hybridized carbons (Fsp3) is 0.562. The molecule has 1 spiro atoms. The summed E-state index contributed by atoms with van der Waals surface area (Å²) < 4.78 is 0. The highest BCUT2D eigenvalue weighted by Crippen LogP contribution is 2.33. The quantitative estimate of drug-likeness (QED) is 0.878. The molecule has 3 nitrogen and oxygen atoms in total. The van der Waals surface area contributed by atoms with E-state index >= 15 is 0 Å². The highest BCUT2D eigenvalue weighted by Gasteiger charge is 2.43. The molecule has 3 heteroatoms. The van der Waals surface area contributed by atoms with Gasteiger partial charge in [-0.25, -0.2) is 0 Å². The van der Waals surface area contributed by atoms with Gasteiger partial charge in [0.15, 0.2) is 0 Å². The van der Waals surface area contributed by atoms with E-state index in [1.165, 1.54) is 5.56 Å². The third-order valence-corrected chi connectivity index (χ3v) is 4.49. The molecule has 0 saturated carbocycles. The van der Waals surface area contributed by atoms with Gasteiger partial charge >= 0.3 is 0 Å². The van der Waals surface area contributed by atoms with Gasteiger partial charge in [-0.3, -0.25) is 9.69 Å². The largest absolute Gasteiger partial charge is 0.316 e. The summed E-state index contributed by atoms with van der Waals surface area (Å²) in [4.78, 5) is 14.8. The molecule has 2 saturated heterocycles. The Labute approximate surface area is 115 Å². The Morgan fingerprint density at radius 3 is 2.84 bits per heavy atom. The minimum Gasteiger partial charge on any atom is -0.316 e. The lowest BCUT2D eigenvalue weighted by atomic mass is 9.73. The lowest BCUT2D eigenvalue weighted by molar-refractivity contribution is -0.135. The smallest absolute Gasteiger partial charge is 0.142 e. The predicted molar refractivity (Wildman–Crippen MR) is 75.9 cm³/mol. The third-order valence-electron chi connectivity index (χ3n) is 4.49. The van der Waals surface area contributed by atoms with Crippen LogP contribution in [0.25, 0.3) is 0 Å². The molecule has 2 fully saturated rings. The van der Waals surface area contributed by atoms with E-state index in [0.717, 1.165) is 45.6 Å². The zero-order chi connectivity index (χ0) is 13.1. The van der Waals surface area contributed by atoms with Gasteiger partial charge in [-0.05, 0) is 24.9 Å². The molecule has 2 aliphatic heterocycles. The van der Waals surface area contributed by atoms with Crippen molar-refractivity contribution >= 4 is 5.78 Å². The summed E-state index contributed by atoms with van der Waals surface area (Å²) in [6.07, 6.45) is 2.91.